The van der Waals surface area contributed by atoms with Gasteiger partial charge in [-0.15, -0.1) is 0 Å². The van der Waals surface area contributed by atoms with E-state index >= 15 is 0 Å². The lowest BCUT2D eigenvalue weighted by atomic mass is 10.1. The Balaban J connectivity index is 1.51. The summed E-state index contributed by atoms with van der Waals surface area (Å²) < 4.78 is 9.17. The molecule has 1 aliphatic heterocycles. The minimum Gasteiger partial charge on any atom is -0.378 e. The van der Waals surface area contributed by atoms with E-state index < -0.39 is 0 Å². The molecule has 1 fully saturated rings. The summed E-state index contributed by atoms with van der Waals surface area (Å²) in [6, 6.07) is 13.4. The lowest BCUT2D eigenvalue weighted by molar-refractivity contribution is 0.122. The van der Waals surface area contributed by atoms with Crippen LogP contribution in [0.2, 0.25) is 5.02 Å². The number of aryl methyl sites for hydroxylation is 1. The quantitative estimate of drug-likeness (QED) is 0.488. The summed E-state index contributed by atoms with van der Waals surface area (Å²) in [5, 5.41) is 1.71. The highest BCUT2D eigenvalue weighted by Gasteiger charge is 2.16. The lowest BCUT2D eigenvalue weighted by Crippen LogP contribution is -2.36. The molecule has 1 saturated heterocycles. The third-order valence-electron chi connectivity index (χ3n) is 5.72. The van der Waals surface area contributed by atoms with Crippen LogP contribution in [0.3, 0.4) is 0 Å². The van der Waals surface area contributed by atoms with Crippen LogP contribution in [-0.4, -0.2) is 40.4 Å². The van der Waals surface area contributed by atoms with E-state index in [2.05, 4.69) is 11.0 Å². The second-order valence-corrected chi connectivity index (χ2v) is 8.27. The Morgan fingerprint density at radius 2 is 1.97 bits per heavy atom. The number of halogens is 1. The molecule has 158 valence electrons. The van der Waals surface area contributed by atoms with Crippen molar-refractivity contribution in [3.8, 4) is 11.1 Å². The van der Waals surface area contributed by atoms with Crippen LogP contribution in [0.5, 0.6) is 0 Å². The predicted molar refractivity (Wildman–Crippen MR) is 124 cm³/mol. The highest BCUT2D eigenvalue weighted by atomic mass is 35.5. The molecule has 0 spiro atoms. The molecular weight excluding hydrogens is 412 g/mol. The molecule has 4 heterocycles. The van der Waals surface area contributed by atoms with Crippen LogP contribution in [0.4, 0.5) is 5.69 Å². The maximum atomic E-state index is 12.8. The molecule has 6 nitrogen and oxygen atoms in total. The van der Waals surface area contributed by atoms with Crippen LogP contribution in [0.15, 0.2) is 65.8 Å². The van der Waals surface area contributed by atoms with E-state index in [0.29, 0.717) is 11.6 Å². The first-order chi connectivity index (χ1) is 15.1. The minimum absolute atomic E-state index is 0.0493. The van der Waals surface area contributed by atoms with E-state index in [1.807, 2.05) is 60.5 Å². The molecule has 31 heavy (non-hydrogen) atoms. The van der Waals surface area contributed by atoms with Crippen molar-refractivity contribution < 1.29 is 4.74 Å². The van der Waals surface area contributed by atoms with Crippen molar-refractivity contribution >= 4 is 28.3 Å². The third kappa shape index (κ3) is 3.96. The van der Waals surface area contributed by atoms with Crippen molar-refractivity contribution in [3.63, 3.8) is 0 Å². The molecule has 1 aromatic carbocycles. The van der Waals surface area contributed by atoms with Crippen LogP contribution in [0, 0.1) is 0 Å². The van der Waals surface area contributed by atoms with Crippen molar-refractivity contribution in [1.29, 1.82) is 0 Å². The number of rotatable bonds is 4. The van der Waals surface area contributed by atoms with E-state index in [1.165, 1.54) is 0 Å². The first kappa shape index (κ1) is 19.8. The highest BCUT2D eigenvalue weighted by molar-refractivity contribution is 6.30. The molecule has 7 heteroatoms. The number of nitrogens with zero attached hydrogens (tertiary/aromatic N) is 4. The molecule has 4 aromatic rings. The van der Waals surface area contributed by atoms with Gasteiger partial charge >= 0.3 is 0 Å². The fourth-order valence-electron chi connectivity index (χ4n) is 4.11. The molecule has 0 bridgehead atoms. The number of anilines is 1. The van der Waals surface area contributed by atoms with Gasteiger partial charge in [0, 0.05) is 54.6 Å². The van der Waals surface area contributed by atoms with E-state index in [-0.39, 0.29) is 5.56 Å². The predicted octanol–water partition coefficient (Wildman–Crippen LogP) is 3.94. The Morgan fingerprint density at radius 1 is 1.13 bits per heavy atom. The minimum atomic E-state index is -0.0493. The number of hydrogen-bond acceptors (Lipinski definition) is 4. The zero-order valence-electron chi connectivity index (χ0n) is 17.3. The van der Waals surface area contributed by atoms with Crippen molar-refractivity contribution in [2.24, 2.45) is 7.05 Å². The topological polar surface area (TPSA) is 52.3 Å². The lowest BCUT2D eigenvalue weighted by Gasteiger charge is -2.28. The second-order valence-electron chi connectivity index (χ2n) is 7.83. The molecule has 0 saturated carbocycles. The maximum absolute atomic E-state index is 12.8. The summed E-state index contributed by atoms with van der Waals surface area (Å²) in [6.07, 6.45) is 5.80. The molecule has 0 atom stereocenters. The van der Waals surface area contributed by atoms with Crippen LogP contribution in [0.1, 0.15) is 5.56 Å². The standard InChI is InChI=1S/C24H23ClN4O2/c1-27-16-22(21-13-20(14-26-24(21)27)28-7-9-31-10-8-28)18-5-6-29(23(30)12-18)15-17-3-2-4-19(25)11-17/h2-6,11-14,16H,7-10,15H2,1H3. The smallest absolute Gasteiger partial charge is 0.251 e. The van der Waals surface area contributed by atoms with Crippen LogP contribution in [-0.2, 0) is 18.3 Å². The van der Waals surface area contributed by atoms with Crippen molar-refractivity contribution in [3.05, 3.63) is 82.0 Å². The van der Waals surface area contributed by atoms with Crippen molar-refractivity contribution in [1.82, 2.24) is 14.1 Å². The van der Waals surface area contributed by atoms with Gasteiger partial charge in [0.2, 0.25) is 0 Å². The molecule has 5 rings (SSSR count). The molecule has 0 N–H and O–H groups in total. The Kier molecular flexibility index (Phi) is 5.26. The first-order valence-electron chi connectivity index (χ1n) is 10.3. The van der Waals surface area contributed by atoms with Crippen molar-refractivity contribution in [2.45, 2.75) is 6.54 Å². The Hall–Kier alpha value is -3.09. The zero-order chi connectivity index (χ0) is 21.4. The molecule has 0 aliphatic carbocycles. The van der Waals surface area contributed by atoms with Gasteiger partial charge in [0.25, 0.3) is 5.56 Å². The summed E-state index contributed by atoms with van der Waals surface area (Å²) in [5.41, 5.74) is 4.82. The van der Waals surface area contributed by atoms with Crippen LogP contribution in [0.25, 0.3) is 22.2 Å². The third-order valence-corrected chi connectivity index (χ3v) is 5.96. The van der Waals surface area contributed by atoms with Crippen molar-refractivity contribution in [2.75, 3.05) is 31.2 Å². The number of aromatic nitrogens is 3. The van der Waals surface area contributed by atoms with Gasteiger partial charge in [-0.05, 0) is 35.4 Å². The first-order valence-corrected chi connectivity index (χ1v) is 10.7. The average Bonchev–Trinajstić information content (AvgIpc) is 3.12. The number of pyridine rings is 2. The highest BCUT2D eigenvalue weighted by Crippen LogP contribution is 2.31. The van der Waals surface area contributed by atoms with Gasteiger partial charge in [-0.25, -0.2) is 4.98 Å². The second kappa shape index (κ2) is 8.21. The number of fused-ring (bicyclic) bond motifs is 1. The van der Waals surface area contributed by atoms with E-state index in [1.54, 1.807) is 10.6 Å². The Labute approximate surface area is 185 Å². The normalized spacial score (nSPS) is 14.3. The van der Waals surface area contributed by atoms with Gasteiger partial charge in [0.15, 0.2) is 0 Å². The number of hydrogen-bond donors (Lipinski definition) is 0. The molecule has 1 aliphatic rings. The summed E-state index contributed by atoms with van der Waals surface area (Å²) in [6.45, 7) is 3.65. The largest absolute Gasteiger partial charge is 0.378 e. The number of ether oxygens (including phenoxy) is 1. The van der Waals surface area contributed by atoms with E-state index in [0.717, 1.165) is 59.7 Å². The maximum Gasteiger partial charge on any atom is 0.251 e. The molecule has 0 radical (unpaired) electrons. The summed E-state index contributed by atoms with van der Waals surface area (Å²) in [5.74, 6) is 0. The fraction of sp³-hybridized carbons (Fsp3) is 0.250. The monoisotopic (exact) mass is 434 g/mol. The number of benzene rings is 1. The molecule has 0 amide bonds. The van der Waals surface area contributed by atoms with Gasteiger partial charge in [-0.3, -0.25) is 4.79 Å². The summed E-state index contributed by atoms with van der Waals surface area (Å²) >= 11 is 6.08. The van der Waals surface area contributed by atoms with Crippen LogP contribution < -0.4 is 10.5 Å². The molecular formula is C24H23ClN4O2. The zero-order valence-corrected chi connectivity index (χ0v) is 18.0. The summed E-state index contributed by atoms with van der Waals surface area (Å²) in [7, 11) is 1.98. The van der Waals surface area contributed by atoms with Gasteiger partial charge in [0.05, 0.1) is 31.6 Å². The van der Waals surface area contributed by atoms with E-state index in [9.17, 15) is 4.79 Å². The molecule has 0 unspecified atom stereocenters. The Bertz CT molecular complexity index is 1300. The Morgan fingerprint density at radius 3 is 2.74 bits per heavy atom. The average molecular weight is 435 g/mol. The SMILES string of the molecule is Cn1cc(-c2ccn(Cc3cccc(Cl)c3)c(=O)c2)c2cc(N3CCOCC3)cnc21. The molecule has 3 aromatic heterocycles. The fourth-order valence-corrected chi connectivity index (χ4v) is 4.33. The van der Waals surface area contributed by atoms with Gasteiger partial charge in [-0.2, -0.15) is 0 Å². The summed E-state index contributed by atoms with van der Waals surface area (Å²) in [4.78, 5) is 19.8. The number of morpholine rings is 1. The van der Waals surface area contributed by atoms with Gasteiger partial charge in [0.1, 0.15) is 5.65 Å². The van der Waals surface area contributed by atoms with E-state index in [4.69, 9.17) is 21.3 Å². The van der Waals surface area contributed by atoms with Gasteiger partial charge < -0.3 is 18.8 Å². The van der Waals surface area contributed by atoms with Crippen LogP contribution >= 0.6 is 11.6 Å². The van der Waals surface area contributed by atoms with Gasteiger partial charge in [-0.1, -0.05) is 23.7 Å².